The van der Waals surface area contributed by atoms with Gasteiger partial charge in [0.1, 0.15) is 11.8 Å². The predicted octanol–water partition coefficient (Wildman–Crippen LogP) is 1.83. The first-order valence-corrected chi connectivity index (χ1v) is 8.98. The van der Waals surface area contributed by atoms with Gasteiger partial charge in [-0.15, -0.1) is 0 Å². The van der Waals surface area contributed by atoms with Crippen molar-refractivity contribution in [2.24, 2.45) is 0 Å². The monoisotopic (exact) mass is 330 g/mol. The molecule has 2 rings (SSSR count). The van der Waals surface area contributed by atoms with Gasteiger partial charge >= 0.3 is 0 Å². The molecule has 0 radical (unpaired) electrons. The summed E-state index contributed by atoms with van der Waals surface area (Å²) < 4.78 is 37.3. The molecule has 1 N–H and O–H groups in total. The van der Waals surface area contributed by atoms with Crippen molar-refractivity contribution in [2.45, 2.75) is 70.0 Å². The van der Waals surface area contributed by atoms with Crippen LogP contribution in [0.5, 0.6) is 0 Å². The minimum Gasteiger partial charge on any atom is -0.365 e. The molecule has 1 aliphatic rings. The molecule has 0 saturated heterocycles. The number of hydrogen-bond acceptors (Lipinski definition) is 6. The number of ether oxygens (including phenoxy) is 1. The maximum Gasteiger partial charge on any atom is 0.269 e. The number of carbonyl (C=O) groups is 1. The molecule has 1 amide bonds. The Morgan fingerprint density at radius 3 is 2.55 bits per heavy atom. The zero-order chi connectivity index (χ0) is 16.3. The molecule has 22 heavy (non-hydrogen) atoms. The summed E-state index contributed by atoms with van der Waals surface area (Å²) in [6, 6.07) is 0. The van der Waals surface area contributed by atoms with Crippen molar-refractivity contribution in [1.29, 1.82) is 0 Å². The Balaban J connectivity index is 2.08. The van der Waals surface area contributed by atoms with E-state index in [0.717, 1.165) is 25.7 Å². The van der Waals surface area contributed by atoms with Crippen molar-refractivity contribution in [1.82, 2.24) is 9.88 Å². The lowest BCUT2D eigenvalue weighted by molar-refractivity contribution is -0.134. The lowest BCUT2D eigenvalue weighted by Crippen LogP contribution is -2.41. The summed E-state index contributed by atoms with van der Waals surface area (Å²) >= 11 is 0. The van der Waals surface area contributed by atoms with Crippen LogP contribution in [0, 0.1) is 13.8 Å². The fourth-order valence-electron chi connectivity index (χ4n) is 2.71. The normalized spacial score (nSPS) is 17.6. The zero-order valence-electron chi connectivity index (χ0n) is 13.1. The Morgan fingerprint density at radius 2 is 2.05 bits per heavy atom. The number of amides is 1. The van der Waals surface area contributed by atoms with Crippen molar-refractivity contribution in [3.8, 4) is 0 Å². The molecule has 0 unspecified atom stereocenters. The lowest BCUT2D eigenvalue weighted by atomic mass is 10.2. The molecule has 7 nitrogen and oxygen atoms in total. The Bertz CT molecular complexity index is 612. The molecule has 1 atom stereocenters. The average Bonchev–Trinajstić information content (AvgIpc) is 3.05. The second-order valence-corrected chi connectivity index (χ2v) is 7.18. The van der Waals surface area contributed by atoms with E-state index < -0.39 is 22.0 Å². The summed E-state index contributed by atoms with van der Waals surface area (Å²) in [5.74, 6) is -0.489. The third-order valence-electron chi connectivity index (χ3n) is 3.79. The van der Waals surface area contributed by atoms with Crippen LogP contribution in [0.4, 0.5) is 0 Å². The summed E-state index contributed by atoms with van der Waals surface area (Å²) in [6.45, 7) is 4.80. The van der Waals surface area contributed by atoms with E-state index in [-0.39, 0.29) is 22.5 Å². The van der Waals surface area contributed by atoms with Gasteiger partial charge in [-0.1, -0.05) is 24.9 Å². The topological polar surface area (TPSA) is 98.5 Å². The second kappa shape index (κ2) is 6.78. The van der Waals surface area contributed by atoms with Gasteiger partial charge in [0.15, 0.2) is 10.7 Å². The van der Waals surface area contributed by atoms with E-state index in [0.29, 0.717) is 6.42 Å². The van der Waals surface area contributed by atoms with E-state index >= 15 is 0 Å². The van der Waals surface area contributed by atoms with Crippen LogP contribution in [-0.2, 0) is 19.6 Å². The Hall–Kier alpha value is -1.41. The average molecular weight is 330 g/mol. The van der Waals surface area contributed by atoms with Crippen molar-refractivity contribution < 1.29 is 22.5 Å². The predicted molar refractivity (Wildman–Crippen MR) is 78.7 cm³/mol. The largest absolute Gasteiger partial charge is 0.365 e. The summed E-state index contributed by atoms with van der Waals surface area (Å²) in [4.78, 5) is 12.1. The second-order valence-electron chi connectivity index (χ2n) is 5.56. The molecule has 124 valence electrons. The minimum absolute atomic E-state index is 0.0393. The molecule has 0 spiro atoms. The molecule has 1 aliphatic carbocycles. The van der Waals surface area contributed by atoms with Crippen LogP contribution < -0.4 is 4.72 Å². The molecule has 0 bridgehead atoms. The highest BCUT2D eigenvalue weighted by Crippen LogP contribution is 2.23. The summed E-state index contributed by atoms with van der Waals surface area (Å²) in [5, 5.41) is 3.60. The van der Waals surface area contributed by atoms with Gasteiger partial charge in [0, 0.05) is 0 Å². The maximum atomic E-state index is 12.3. The number of aromatic nitrogens is 1. The van der Waals surface area contributed by atoms with Crippen LogP contribution in [0.2, 0.25) is 0 Å². The Labute approximate surface area is 130 Å². The first kappa shape index (κ1) is 17.0. The highest BCUT2D eigenvalue weighted by atomic mass is 32.2. The van der Waals surface area contributed by atoms with Gasteiger partial charge in [-0.25, -0.2) is 13.1 Å². The number of sulfonamides is 1. The van der Waals surface area contributed by atoms with Gasteiger partial charge in [0.25, 0.3) is 15.9 Å². The zero-order valence-corrected chi connectivity index (χ0v) is 13.9. The van der Waals surface area contributed by atoms with Gasteiger partial charge in [-0.05, 0) is 33.1 Å². The van der Waals surface area contributed by atoms with Crippen LogP contribution in [0.3, 0.4) is 0 Å². The van der Waals surface area contributed by atoms with Crippen molar-refractivity contribution >= 4 is 15.9 Å². The van der Waals surface area contributed by atoms with Crippen molar-refractivity contribution in [3.63, 3.8) is 0 Å². The van der Waals surface area contributed by atoms with Gasteiger partial charge in [0.05, 0.1) is 6.10 Å². The quantitative estimate of drug-likeness (QED) is 0.854. The molecule has 8 heteroatoms. The molecular weight excluding hydrogens is 308 g/mol. The van der Waals surface area contributed by atoms with Gasteiger partial charge < -0.3 is 9.26 Å². The van der Waals surface area contributed by atoms with Crippen LogP contribution in [0.1, 0.15) is 50.5 Å². The first-order valence-electron chi connectivity index (χ1n) is 7.50. The van der Waals surface area contributed by atoms with Crippen LogP contribution >= 0.6 is 0 Å². The molecule has 1 aromatic heterocycles. The van der Waals surface area contributed by atoms with Crippen LogP contribution in [0.25, 0.3) is 0 Å². The van der Waals surface area contributed by atoms with E-state index in [1.54, 1.807) is 6.92 Å². The SMILES string of the molecule is CC[C@@H](OC1CCCC1)C(=O)NS(=O)(=O)c1c(C)noc1C. The Morgan fingerprint density at radius 1 is 1.41 bits per heavy atom. The van der Waals surface area contributed by atoms with E-state index in [1.165, 1.54) is 13.8 Å². The molecule has 1 aromatic rings. The van der Waals surface area contributed by atoms with Crippen LogP contribution in [-0.4, -0.2) is 31.7 Å². The summed E-state index contributed by atoms with van der Waals surface area (Å²) in [6.07, 6.45) is 3.69. The Kier molecular flexibility index (Phi) is 5.23. The summed E-state index contributed by atoms with van der Waals surface area (Å²) in [7, 11) is -4.00. The highest BCUT2D eigenvalue weighted by molar-refractivity contribution is 7.90. The van der Waals surface area contributed by atoms with Gasteiger partial charge in [-0.3, -0.25) is 4.79 Å². The van der Waals surface area contributed by atoms with E-state index in [9.17, 15) is 13.2 Å². The highest BCUT2D eigenvalue weighted by Gasteiger charge is 2.30. The fraction of sp³-hybridized carbons (Fsp3) is 0.714. The number of nitrogens with zero attached hydrogens (tertiary/aromatic N) is 1. The molecule has 1 fully saturated rings. The lowest BCUT2D eigenvalue weighted by Gasteiger charge is -2.20. The molecule has 0 aliphatic heterocycles. The van der Waals surface area contributed by atoms with E-state index in [2.05, 4.69) is 9.88 Å². The smallest absolute Gasteiger partial charge is 0.269 e. The number of hydrogen-bond donors (Lipinski definition) is 1. The molecule has 1 heterocycles. The van der Waals surface area contributed by atoms with Crippen molar-refractivity contribution in [3.05, 3.63) is 11.5 Å². The minimum atomic E-state index is -4.00. The third-order valence-corrected chi connectivity index (χ3v) is 5.38. The van der Waals surface area contributed by atoms with Crippen LogP contribution in [0.15, 0.2) is 9.42 Å². The number of carbonyl (C=O) groups excluding carboxylic acids is 1. The van der Waals surface area contributed by atoms with Gasteiger partial charge in [0.2, 0.25) is 0 Å². The van der Waals surface area contributed by atoms with Crippen molar-refractivity contribution in [2.75, 3.05) is 0 Å². The number of rotatable bonds is 6. The van der Waals surface area contributed by atoms with E-state index in [1.807, 2.05) is 0 Å². The third kappa shape index (κ3) is 3.67. The standard InChI is InChI=1S/C14H22N2O5S/c1-4-12(20-11-7-5-6-8-11)14(17)16-22(18,19)13-9(2)15-21-10(13)3/h11-12H,4-8H2,1-3H3,(H,16,17)/t12-/m1/s1. The molecular formula is C14H22N2O5S. The molecule has 0 aromatic carbocycles. The number of aryl methyl sites for hydroxylation is 2. The maximum absolute atomic E-state index is 12.3. The van der Waals surface area contributed by atoms with E-state index in [4.69, 9.17) is 9.26 Å². The fourth-order valence-corrected chi connectivity index (χ4v) is 4.05. The summed E-state index contributed by atoms with van der Waals surface area (Å²) in [5.41, 5.74) is 0.225. The first-order chi connectivity index (χ1) is 10.3. The molecule has 1 saturated carbocycles. The van der Waals surface area contributed by atoms with Gasteiger partial charge in [-0.2, -0.15) is 0 Å². The number of nitrogens with one attached hydrogen (secondary N) is 1.